The normalized spacial score (nSPS) is 10.6. The van der Waals surface area contributed by atoms with Crippen molar-refractivity contribution >= 4 is 0 Å². The predicted octanol–water partition coefficient (Wildman–Crippen LogP) is 2.43. The van der Waals surface area contributed by atoms with Crippen molar-refractivity contribution in [1.82, 2.24) is 10.1 Å². The number of hydrogen-bond acceptors (Lipinski definition) is 6. The summed E-state index contributed by atoms with van der Waals surface area (Å²) in [4.78, 5) is 4.41. The Morgan fingerprint density at radius 3 is 2.38 bits per heavy atom. The summed E-state index contributed by atoms with van der Waals surface area (Å²) in [6.07, 6.45) is 3.86. The molecule has 6 heteroatoms. The van der Waals surface area contributed by atoms with Crippen molar-refractivity contribution in [3.05, 3.63) is 24.1 Å². The minimum absolute atomic E-state index is 0.543. The first-order valence-electron chi connectivity index (χ1n) is 7.03. The van der Waals surface area contributed by atoms with Crippen molar-refractivity contribution in [3.63, 3.8) is 0 Å². The van der Waals surface area contributed by atoms with Gasteiger partial charge in [-0.05, 0) is 31.5 Å². The molecule has 2 N–H and O–H groups in total. The number of aromatic nitrogens is 2. The predicted molar refractivity (Wildman–Crippen MR) is 79.4 cm³/mol. The van der Waals surface area contributed by atoms with Gasteiger partial charge in [-0.15, -0.1) is 0 Å². The minimum Gasteiger partial charge on any atom is -0.497 e. The molecule has 21 heavy (non-hydrogen) atoms. The van der Waals surface area contributed by atoms with Gasteiger partial charge in [-0.2, -0.15) is 4.98 Å². The highest BCUT2D eigenvalue weighted by molar-refractivity contribution is 5.60. The molecule has 0 fully saturated rings. The molecule has 1 aromatic carbocycles. The summed E-state index contributed by atoms with van der Waals surface area (Å²) < 4.78 is 15.8. The number of nitrogens with zero attached hydrogens (tertiary/aromatic N) is 2. The van der Waals surface area contributed by atoms with Crippen molar-refractivity contribution in [2.24, 2.45) is 5.73 Å². The molecule has 0 amide bonds. The van der Waals surface area contributed by atoms with E-state index >= 15 is 0 Å². The van der Waals surface area contributed by atoms with Crippen LogP contribution in [0, 0.1) is 0 Å². The van der Waals surface area contributed by atoms with Crippen molar-refractivity contribution in [1.29, 1.82) is 0 Å². The molecule has 2 rings (SSSR count). The molecular weight excluding hydrogens is 270 g/mol. The molecule has 1 aromatic heterocycles. The average molecular weight is 291 g/mol. The van der Waals surface area contributed by atoms with E-state index in [2.05, 4.69) is 10.1 Å². The van der Waals surface area contributed by atoms with Crippen molar-refractivity contribution in [2.75, 3.05) is 20.8 Å². The third-order valence-electron chi connectivity index (χ3n) is 3.17. The first-order valence-corrected chi connectivity index (χ1v) is 7.03. The summed E-state index contributed by atoms with van der Waals surface area (Å²) in [6.45, 7) is 0.721. The summed E-state index contributed by atoms with van der Waals surface area (Å²) in [5.74, 6) is 2.57. The molecule has 0 unspecified atom stereocenters. The molecule has 0 aliphatic heterocycles. The molecule has 0 saturated carbocycles. The number of ether oxygens (including phenoxy) is 2. The zero-order valence-corrected chi connectivity index (χ0v) is 12.5. The second kappa shape index (κ2) is 7.64. The third kappa shape index (κ3) is 4.19. The Balaban J connectivity index is 2.09. The molecule has 0 bridgehead atoms. The van der Waals surface area contributed by atoms with Crippen LogP contribution in [0.5, 0.6) is 11.5 Å². The van der Waals surface area contributed by atoms with Gasteiger partial charge in [0.25, 0.3) is 0 Å². The van der Waals surface area contributed by atoms with E-state index in [0.29, 0.717) is 23.2 Å². The van der Waals surface area contributed by atoms with Crippen LogP contribution in [0.2, 0.25) is 0 Å². The summed E-state index contributed by atoms with van der Waals surface area (Å²) >= 11 is 0. The van der Waals surface area contributed by atoms with Gasteiger partial charge in [0.05, 0.1) is 14.2 Å². The lowest BCUT2D eigenvalue weighted by atomic mass is 10.2. The minimum atomic E-state index is 0.543. The first kappa shape index (κ1) is 15.3. The lowest BCUT2D eigenvalue weighted by Crippen LogP contribution is -1.98. The molecule has 0 aliphatic carbocycles. The van der Waals surface area contributed by atoms with Gasteiger partial charge in [-0.1, -0.05) is 11.6 Å². The van der Waals surface area contributed by atoms with E-state index in [9.17, 15) is 0 Å². The fourth-order valence-electron chi connectivity index (χ4n) is 2.01. The number of aryl methyl sites for hydroxylation is 1. The van der Waals surface area contributed by atoms with Crippen LogP contribution in [0.25, 0.3) is 11.4 Å². The molecule has 1 heterocycles. The largest absolute Gasteiger partial charge is 0.497 e. The lowest BCUT2D eigenvalue weighted by molar-refractivity contribution is 0.374. The van der Waals surface area contributed by atoms with Gasteiger partial charge in [0, 0.05) is 18.1 Å². The van der Waals surface area contributed by atoms with Crippen molar-refractivity contribution in [3.8, 4) is 22.9 Å². The van der Waals surface area contributed by atoms with E-state index in [1.165, 1.54) is 0 Å². The van der Waals surface area contributed by atoms with E-state index < -0.39 is 0 Å². The Morgan fingerprint density at radius 1 is 1.05 bits per heavy atom. The molecule has 2 aromatic rings. The number of unbranched alkanes of at least 4 members (excludes halogenated alkanes) is 2. The van der Waals surface area contributed by atoms with Crippen LogP contribution in [-0.2, 0) is 6.42 Å². The monoisotopic (exact) mass is 291 g/mol. The van der Waals surface area contributed by atoms with Crippen LogP contribution in [0.4, 0.5) is 0 Å². The maximum Gasteiger partial charge on any atom is 0.226 e. The van der Waals surface area contributed by atoms with Gasteiger partial charge in [-0.25, -0.2) is 0 Å². The molecule has 6 nitrogen and oxygen atoms in total. The van der Waals surface area contributed by atoms with E-state index in [4.69, 9.17) is 19.7 Å². The van der Waals surface area contributed by atoms with Crippen LogP contribution < -0.4 is 15.2 Å². The SMILES string of the molecule is COc1cc(OC)cc(-c2noc(CCCCCN)n2)c1. The zero-order chi connectivity index (χ0) is 15.1. The topological polar surface area (TPSA) is 83.4 Å². The lowest BCUT2D eigenvalue weighted by Gasteiger charge is -2.05. The number of nitrogens with two attached hydrogens (primary N) is 1. The maximum absolute atomic E-state index is 5.47. The van der Waals surface area contributed by atoms with Crippen LogP contribution in [-0.4, -0.2) is 30.9 Å². The van der Waals surface area contributed by atoms with Gasteiger partial charge in [0.1, 0.15) is 11.5 Å². The van der Waals surface area contributed by atoms with Gasteiger partial charge in [0.2, 0.25) is 11.7 Å². The second-order valence-corrected chi connectivity index (χ2v) is 4.71. The summed E-state index contributed by atoms with van der Waals surface area (Å²) in [7, 11) is 3.22. The molecule has 0 radical (unpaired) electrons. The standard InChI is InChI=1S/C15H21N3O3/c1-19-12-8-11(9-13(10-12)20-2)15-17-14(21-18-15)6-4-3-5-7-16/h8-10H,3-7,16H2,1-2H3. The van der Waals surface area contributed by atoms with Gasteiger partial charge >= 0.3 is 0 Å². The summed E-state index contributed by atoms with van der Waals surface area (Å²) in [6, 6.07) is 5.51. The van der Waals surface area contributed by atoms with Gasteiger partial charge in [-0.3, -0.25) is 0 Å². The van der Waals surface area contributed by atoms with E-state index in [1.54, 1.807) is 20.3 Å². The van der Waals surface area contributed by atoms with Crippen LogP contribution in [0.1, 0.15) is 25.2 Å². The van der Waals surface area contributed by atoms with E-state index in [-0.39, 0.29) is 0 Å². The first-order chi connectivity index (χ1) is 10.3. The number of rotatable bonds is 8. The number of benzene rings is 1. The number of methoxy groups -OCH3 is 2. The summed E-state index contributed by atoms with van der Waals surface area (Å²) in [5.41, 5.74) is 6.28. The van der Waals surface area contributed by atoms with E-state index in [1.807, 2.05) is 12.1 Å². The van der Waals surface area contributed by atoms with Gasteiger partial charge in [0.15, 0.2) is 0 Å². The molecule has 0 aliphatic rings. The summed E-state index contributed by atoms with van der Waals surface area (Å²) in [5, 5.41) is 4.01. The Bertz CT molecular complexity index is 547. The highest BCUT2D eigenvalue weighted by Gasteiger charge is 2.11. The maximum atomic E-state index is 5.47. The number of hydrogen-bond donors (Lipinski definition) is 1. The molecule has 114 valence electrons. The Labute approximate surface area is 124 Å². The Morgan fingerprint density at radius 2 is 1.76 bits per heavy atom. The van der Waals surface area contributed by atoms with Crippen molar-refractivity contribution in [2.45, 2.75) is 25.7 Å². The molecular formula is C15H21N3O3. The van der Waals surface area contributed by atoms with E-state index in [0.717, 1.165) is 37.8 Å². The average Bonchev–Trinajstić information content (AvgIpc) is 3.00. The second-order valence-electron chi connectivity index (χ2n) is 4.71. The van der Waals surface area contributed by atoms with Gasteiger partial charge < -0.3 is 19.7 Å². The smallest absolute Gasteiger partial charge is 0.226 e. The van der Waals surface area contributed by atoms with Crippen LogP contribution in [0.3, 0.4) is 0 Å². The Hall–Kier alpha value is -2.08. The van der Waals surface area contributed by atoms with Crippen LogP contribution in [0.15, 0.2) is 22.7 Å². The van der Waals surface area contributed by atoms with Crippen LogP contribution >= 0.6 is 0 Å². The highest BCUT2D eigenvalue weighted by Crippen LogP contribution is 2.28. The Kier molecular flexibility index (Phi) is 5.57. The fourth-order valence-corrected chi connectivity index (χ4v) is 2.01. The molecule has 0 atom stereocenters. The quantitative estimate of drug-likeness (QED) is 0.752. The highest BCUT2D eigenvalue weighted by atomic mass is 16.5. The fraction of sp³-hybridized carbons (Fsp3) is 0.467. The molecule has 0 saturated heterocycles. The third-order valence-corrected chi connectivity index (χ3v) is 3.17. The van der Waals surface area contributed by atoms with Crippen molar-refractivity contribution < 1.29 is 14.0 Å². The zero-order valence-electron chi connectivity index (χ0n) is 12.5. The molecule has 0 spiro atoms.